The Labute approximate surface area is 181 Å². The number of nitrogens with zero attached hydrogens (tertiary/aromatic N) is 3. The van der Waals surface area contributed by atoms with Crippen LogP contribution in [0.5, 0.6) is 0 Å². The summed E-state index contributed by atoms with van der Waals surface area (Å²) in [6.45, 7) is 7.67. The Morgan fingerprint density at radius 2 is 1.83 bits per heavy atom. The van der Waals surface area contributed by atoms with Gasteiger partial charge in [-0.1, -0.05) is 61.6 Å². The highest BCUT2D eigenvalue weighted by Crippen LogP contribution is 2.34. The molecule has 1 aromatic heterocycles. The molecule has 0 aliphatic carbocycles. The number of aromatic nitrogens is 1. The first-order chi connectivity index (χ1) is 14.2. The predicted octanol–water partition coefficient (Wildman–Crippen LogP) is 5.41. The summed E-state index contributed by atoms with van der Waals surface area (Å²) in [4.78, 5) is 23.2. The number of fused-ring (bicyclic) bond motifs is 1. The van der Waals surface area contributed by atoms with Crippen molar-refractivity contribution < 1.29 is 4.79 Å². The van der Waals surface area contributed by atoms with E-state index in [1.807, 2.05) is 47.4 Å². The number of thioether (sulfide) groups is 1. The monoisotopic (exact) mass is 425 g/mol. The van der Waals surface area contributed by atoms with Gasteiger partial charge in [-0.3, -0.25) is 9.69 Å². The molecule has 0 spiro atoms. The third-order valence-corrected chi connectivity index (χ3v) is 6.65. The maximum Gasteiger partial charge on any atom is 0.252 e. The number of benzene rings is 2. The number of hydrogen-bond donors (Lipinski definition) is 0. The Balaban J connectivity index is 1.90. The highest BCUT2D eigenvalue weighted by Gasteiger charge is 2.19. The summed E-state index contributed by atoms with van der Waals surface area (Å²) in [6, 6.07) is 16.1. The number of carbonyl (C=O) groups is 1. The number of amides is 1. The van der Waals surface area contributed by atoms with Gasteiger partial charge in [0.2, 0.25) is 0 Å². The summed E-state index contributed by atoms with van der Waals surface area (Å²) in [5.41, 5.74) is 1.99. The first kappa shape index (κ1) is 21.6. The molecule has 0 radical (unpaired) electrons. The smallest absolute Gasteiger partial charge is 0.252 e. The van der Waals surface area contributed by atoms with Crippen LogP contribution in [0.4, 0.5) is 5.13 Å². The molecule has 2 aromatic carbocycles. The van der Waals surface area contributed by atoms with Crippen LogP contribution in [-0.4, -0.2) is 48.2 Å². The lowest BCUT2D eigenvalue weighted by Crippen LogP contribution is -2.38. The van der Waals surface area contributed by atoms with Crippen LogP contribution in [0.3, 0.4) is 0 Å². The molecule has 0 unspecified atom stereocenters. The Hall–Kier alpha value is -2.15. The van der Waals surface area contributed by atoms with Crippen molar-refractivity contribution in [2.45, 2.75) is 18.7 Å². The third-order valence-electron chi connectivity index (χ3n) is 4.84. The van der Waals surface area contributed by atoms with E-state index in [1.54, 1.807) is 29.2 Å². The molecule has 152 valence electrons. The zero-order valence-corrected chi connectivity index (χ0v) is 18.8. The van der Waals surface area contributed by atoms with Gasteiger partial charge in [0.05, 0.1) is 10.2 Å². The summed E-state index contributed by atoms with van der Waals surface area (Å²) in [7, 11) is 0. The van der Waals surface area contributed by atoms with Crippen molar-refractivity contribution in [3.63, 3.8) is 0 Å². The normalized spacial score (nSPS) is 11.6. The van der Waals surface area contributed by atoms with Gasteiger partial charge in [-0.15, -0.1) is 11.8 Å². The van der Waals surface area contributed by atoms with Crippen LogP contribution < -0.4 is 4.90 Å². The number of anilines is 1. The minimum absolute atomic E-state index is 0.0363. The van der Waals surface area contributed by atoms with E-state index < -0.39 is 0 Å². The number of likely N-dealkylation sites (N-methyl/N-ethyl adjacent to an activating group) is 1. The van der Waals surface area contributed by atoms with Crippen LogP contribution in [0.25, 0.3) is 16.3 Å². The van der Waals surface area contributed by atoms with E-state index in [4.69, 9.17) is 4.98 Å². The molecule has 1 heterocycles. The molecule has 0 fully saturated rings. The highest BCUT2D eigenvalue weighted by molar-refractivity contribution is 7.98. The fourth-order valence-corrected chi connectivity index (χ4v) is 4.75. The summed E-state index contributed by atoms with van der Waals surface area (Å²) in [5.74, 6) is -0.0363. The van der Waals surface area contributed by atoms with Crippen LogP contribution >= 0.6 is 23.1 Å². The molecule has 6 heteroatoms. The number of para-hydroxylation sites is 1. The van der Waals surface area contributed by atoms with E-state index in [0.29, 0.717) is 6.54 Å². The fourth-order valence-electron chi connectivity index (χ4n) is 3.09. The van der Waals surface area contributed by atoms with Crippen molar-refractivity contribution in [2.75, 3.05) is 37.3 Å². The lowest BCUT2D eigenvalue weighted by Gasteiger charge is -2.23. The van der Waals surface area contributed by atoms with Crippen LogP contribution in [-0.2, 0) is 4.79 Å². The summed E-state index contributed by atoms with van der Waals surface area (Å²) < 4.78 is 1.11. The summed E-state index contributed by atoms with van der Waals surface area (Å²) >= 11 is 3.26. The van der Waals surface area contributed by atoms with Gasteiger partial charge in [-0.05, 0) is 43.1 Å². The third kappa shape index (κ3) is 5.47. The van der Waals surface area contributed by atoms with Crippen LogP contribution in [0, 0.1) is 0 Å². The molecule has 1 amide bonds. The van der Waals surface area contributed by atoms with Crippen molar-refractivity contribution in [1.29, 1.82) is 0 Å². The molecule has 4 nitrogen and oxygen atoms in total. The van der Waals surface area contributed by atoms with E-state index in [1.165, 1.54) is 0 Å². The first-order valence-electron chi connectivity index (χ1n) is 9.86. The summed E-state index contributed by atoms with van der Waals surface area (Å²) in [5, 5.41) is 0.761. The molecule has 0 aliphatic heterocycles. The quantitative estimate of drug-likeness (QED) is 0.339. The second-order valence-corrected chi connectivity index (χ2v) is 8.42. The average Bonchev–Trinajstić information content (AvgIpc) is 3.20. The van der Waals surface area contributed by atoms with Gasteiger partial charge in [0, 0.05) is 24.1 Å². The van der Waals surface area contributed by atoms with E-state index in [0.717, 1.165) is 45.4 Å². The first-order valence-corrected chi connectivity index (χ1v) is 11.9. The Morgan fingerprint density at radius 1 is 1.07 bits per heavy atom. The van der Waals surface area contributed by atoms with Crippen LogP contribution in [0.1, 0.15) is 19.4 Å². The van der Waals surface area contributed by atoms with Crippen LogP contribution in [0.15, 0.2) is 59.5 Å². The average molecular weight is 426 g/mol. The van der Waals surface area contributed by atoms with Gasteiger partial charge in [0.15, 0.2) is 5.13 Å². The lowest BCUT2D eigenvalue weighted by atomic mass is 10.2. The molecule has 0 bridgehead atoms. The van der Waals surface area contributed by atoms with Gasteiger partial charge < -0.3 is 4.90 Å². The molecule has 0 N–H and O–H groups in total. The highest BCUT2D eigenvalue weighted by atomic mass is 32.2. The number of rotatable bonds is 9. The molecular formula is C23H27N3OS2. The van der Waals surface area contributed by atoms with Gasteiger partial charge in [-0.2, -0.15) is 0 Å². The van der Waals surface area contributed by atoms with Crippen molar-refractivity contribution in [3.8, 4) is 0 Å². The van der Waals surface area contributed by atoms with Gasteiger partial charge in [-0.25, -0.2) is 4.98 Å². The molecule has 3 aromatic rings. The Bertz CT molecular complexity index is 965. The largest absolute Gasteiger partial charge is 0.302 e. The lowest BCUT2D eigenvalue weighted by molar-refractivity contribution is -0.114. The predicted molar refractivity (Wildman–Crippen MR) is 127 cm³/mol. The van der Waals surface area contributed by atoms with Crippen molar-refractivity contribution >= 4 is 50.4 Å². The minimum atomic E-state index is -0.0363. The van der Waals surface area contributed by atoms with E-state index in [9.17, 15) is 4.79 Å². The minimum Gasteiger partial charge on any atom is -0.302 e. The molecule has 29 heavy (non-hydrogen) atoms. The fraction of sp³-hybridized carbons (Fsp3) is 0.304. The van der Waals surface area contributed by atoms with Gasteiger partial charge in [0.25, 0.3) is 5.91 Å². The zero-order valence-electron chi connectivity index (χ0n) is 17.2. The number of hydrogen-bond acceptors (Lipinski definition) is 5. The molecule has 0 aliphatic rings. The Kier molecular flexibility index (Phi) is 7.86. The van der Waals surface area contributed by atoms with Gasteiger partial charge >= 0.3 is 0 Å². The van der Waals surface area contributed by atoms with Gasteiger partial charge in [0.1, 0.15) is 0 Å². The SMILES string of the molecule is CCN(CC)CCN(C(=O)C=Cc1ccccc1)c1nc2c(SC)cccc2s1. The van der Waals surface area contributed by atoms with E-state index in [2.05, 4.69) is 37.1 Å². The second-order valence-electron chi connectivity index (χ2n) is 6.56. The molecule has 0 atom stereocenters. The summed E-state index contributed by atoms with van der Waals surface area (Å²) in [6.07, 6.45) is 5.58. The second kappa shape index (κ2) is 10.6. The Morgan fingerprint density at radius 3 is 2.52 bits per heavy atom. The van der Waals surface area contributed by atoms with Crippen LogP contribution in [0.2, 0.25) is 0 Å². The van der Waals surface area contributed by atoms with Crippen molar-refractivity contribution in [3.05, 3.63) is 60.2 Å². The van der Waals surface area contributed by atoms with Crippen molar-refractivity contribution in [2.24, 2.45) is 0 Å². The topological polar surface area (TPSA) is 36.4 Å². The number of carbonyl (C=O) groups excluding carboxylic acids is 1. The van der Waals surface area contributed by atoms with E-state index in [-0.39, 0.29) is 5.91 Å². The number of thiazole rings is 1. The molecule has 0 saturated heterocycles. The maximum atomic E-state index is 13.1. The molecule has 0 saturated carbocycles. The standard InChI is InChI=1S/C23H27N3OS2/c1-4-25(5-2)16-17-26(21(27)15-14-18-10-7-6-8-11-18)23-24-22-19(28-3)12-9-13-20(22)29-23/h6-15H,4-5,16-17H2,1-3H3. The molecular weight excluding hydrogens is 398 g/mol. The van der Waals surface area contributed by atoms with E-state index >= 15 is 0 Å². The van der Waals surface area contributed by atoms with Crippen molar-refractivity contribution in [1.82, 2.24) is 9.88 Å². The molecule has 3 rings (SSSR count). The zero-order chi connectivity index (χ0) is 20.6. The maximum absolute atomic E-state index is 13.1.